The summed E-state index contributed by atoms with van der Waals surface area (Å²) in [7, 11) is 1.52. The van der Waals surface area contributed by atoms with Crippen LogP contribution in [0.1, 0.15) is 11.1 Å². The van der Waals surface area contributed by atoms with Gasteiger partial charge in [-0.25, -0.2) is 9.36 Å². The van der Waals surface area contributed by atoms with Crippen LogP contribution in [0.3, 0.4) is 0 Å². The first-order valence-corrected chi connectivity index (χ1v) is 10.5. The van der Waals surface area contributed by atoms with Gasteiger partial charge in [0.15, 0.2) is 0 Å². The first-order valence-electron chi connectivity index (χ1n) is 9.64. The molecule has 2 aromatic heterocycles. The normalized spacial score (nSPS) is 10.9. The van der Waals surface area contributed by atoms with Crippen LogP contribution >= 0.6 is 11.3 Å². The van der Waals surface area contributed by atoms with Crippen molar-refractivity contribution in [2.45, 2.75) is 20.4 Å². The van der Waals surface area contributed by atoms with Gasteiger partial charge in [-0.3, -0.25) is 14.2 Å². The van der Waals surface area contributed by atoms with Crippen molar-refractivity contribution in [3.05, 3.63) is 85.9 Å². The molecule has 0 saturated carbocycles. The number of para-hydroxylation sites is 2. The number of amides is 1. The molecule has 31 heavy (non-hydrogen) atoms. The molecule has 0 bridgehead atoms. The maximum atomic E-state index is 13.4. The predicted molar refractivity (Wildman–Crippen MR) is 123 cm³/mol. The molecule has 0 atom stereocenters. The van der Waals surface area contributed by atoms with E-state index >= 15 is 0 Å². The highest BCUT2D eigenvalue weighted by molar-refractivity contribution is 7.17. The minimum atomic E-state index is -0.556. The molecule has 0 saturated heterocycles. The Morgan fingerprint density at radius 1 is 1.10 bits per heavy atom. The number of thiophene rings is 1. The Morgan fingerprint density at radius 2 is 1.87 bits per heavy atom. The van der Waals surface area contributed by atoms with Gasteiger partial charge in [0.1, 0.15) is 17.0 Å². The van der Waals surface area contributed by atoms with Crippen LogP contribution in [0.4, 0.5) is 5.69 Å². The van der Waals surface area contributed by atoms with Crippen molar-refractivity contribution in [2.75, 3.05) is 12.4 Å². The predicted octanol–water partition coefficient (Wildman–Crippen LogP) is 3.48. The fourth-order valence-electron chi connectivity index (χ4n) is 3.49. The van der Waals surface area contributed by atoms with Gasteiger partial charge in [0.05, 0.1) is 24.0 Å². The second-order valence-electron chi connectivity index (χ2n) is 7.18. The zero-order valence-corrected chi connectivity index (χ0v) is 18.2. The van der Waals surface area contributed by atoms with E-state index in [9.17, 15) is 14.4 Å². The third-order valence-electron chi connectivity index (χ3n) is 5.04. The molecular formula is C23H21N3O4S. The molecule has 2 aromatic carbocycles. The van der Waals surface area contributed by atoms with Crippen LogP contribution in [0.2, 0.25) is 0 Å². The minimum Gasteiger partial charge on any atom is -0.495 e. The fourth-order valence-corrected chi connectivity index (χ4v) is 4.32. The quantitative estimate of drug-likeness (QED) is 0.520. The smallest absolute Gasteiger partial charge is 0.336 e. The second-order valence-corrected chi connectivity index (χ2v) is 8.10. The number of carbonyl (C=O) groups excluding carboxylic acids is 1. The Labute approximate surface area is 182 Å². The fraction of sp³-hybridized carbons (Fsp3) is 0.174. The van der Waals surface area contributed by atoms with Crippen molar-refractivity contribution in [3.8, 4) is 11.4 Å². The Bertz CT molecular complexity index is 1410. The molecular weight excluding hydrogens is 414 g/mol. The lowest BCUT2D eigenvalue weighted by atomic mass is 10.1. The van der Waals surface area contributed by atoms with Crippen LogP contribution in [-0.4, -0.2) is 22.2 Å². The minimum absolute atomic E-state index is 0.241. The summed E-state index contributed by atoms with van der Waals surface area (Å²) >= 11 is 1.25. The van der Waals surface area contributed by atoms with E-state index in [2.05, 4.69) is 5.32 Å². The van der Waals surface area contributed by atoms with Crippen LogP contribution in [0, 0.1) is 13.8 Å². The lowest BCUT2D eigenvalue weighted by molar-refractivity contribution is -0.116. The van der Waals surface area contributed by atoms with Gasteiger partial charge in [-0.2, -0.15) is 0 Å². The summed E-state index contributed by atoms with van der Waals surface area (Å²) in [4.78, 5) is 39.3. The maximum absolute atomic E-state index is 13.4. The summed E-state index contributed by atoms with van der Waals surface area (Å²) in [5.41, 5.74) is 2.25. The molecule has 0 aliphatic heterocycles. The van der Waals surface area contributed by atoms with Gasteiger partial charge in [0.2, 0.25) is 5.91 Å². The highest BCUT2D eigenvalue weighted by Gasteiger charge is 2.19. The SMILES string of the molecule is COc1ccccc1NC(=O)Cn1c(=O)n(-c2cc(C)ccc2C)c(=O)c2sccc21. The van der Waals surface area contributed by atoms with E-state index in [4.69, 9.17) is 4.74 Å². The standard InChI is InChI=1S/C23H21N3O4S/c1-14-8-9-15(2)18(12-14)26-22(28)21-17(10-11-31-21)25(23(26)29)13-20(27)24-16-6-4-5-7-19(16)30-3/h4-12H,13H2,1-3H3,(H,24,27). The average Bonchev–Trinajstić information content (AvgIpc) is 3.24. The van der Waals surface area contributed by atoms with E-state index < -0.39 is 11.6 Å². The lowest BCUT2D eigenvalue weighted by Gasteiger charge is -2.15. The molecule has 0 fully saturated rings. The molecule has 0 radical (unpaired) electrons. The molecule has 0 aliphatic rings. The molecule has 4 aromatic rings. The molecule has 1 N–H and O–H groups in total. The summed E-state index contributed by atoms with van der Waals surface area (Å²) < 4.78 is 8.17. The molecule has 2 heterocycles. The van der Waals surface area contributed by atoms with Crippen molar-refractivity contribution < 1.29 is 9.53 Å². The third-order valence-corrected chi connectivity index (χ3v) is 5.93. The zero-order chi connectivity index (χ0) is 22.1. The van der Waals surface area contributed by atoms with Crippen molar-refractivity contribution >= 4 is 33.1 Å². The highest BCUT2D eigenvalue weighted by atomic mass is 32.1. The van der Waals surface area contributed by atoms with E-state index in [-0.39, 0.29) is 12.1 Å². The Morgan fingerprint density at radius 3 is 2.65 bits per heavy atom. The first-order chi connectivity index (χ1) is 14.9. The molecule has 158 valence electrons. The van der Waals surface area contributed by atoms with Crippen LogP contribution in [0.25, 0.3) is 15.9 Å². The van der Waals surface area contributed by atoms with Gasteiger partial charge in [0.25, 0.3) is 5.56 Å². The monoisotopic (exact) mass is 435 g/mol. The van der Waals surface area contributed by atoms with Gasteiger partial charge in [-0.1, -0.05) is 24.3 Å². The number of fused-ring (bicyclic) bond motifs is 1. The van der Waals surface area contributed by atoms with Crippen molar-refractivity contribution in [2.24, 2.45) is 0 Å². The van der Waals surface area contributed by atoms with E-state index in [0.717, 1.165) is 15.7 Å². The van der Waals surface area contributed by atoms with Crippen LogP contribution in [0.15, 0.2) is 63.5 Å². The number of rotatable bonds is 5. The van der Waals surface area contributed by atoms with E-state index in [1.807, 2.05) is 26.0 Å². The number of hydrogen-bond acceptors (Lipinski definition) is 5. The number of aryl methyl sites for hydroxylation is 2. The van der Waals surface area contributed by atoms with Crippen LogP contribution < -0.4 is 21.3 Å². The number of hydrogen-bond donors (Lipinski definition) is 1. The maximum Gasteiger partial charge on any atom is 0.336 e. The molecule has 7 nitrogen and oxygen atoms in total. The number of nitrogens with one attached hydrogen (secondary N) is 1. The number of ether oxygens (including phenoxy) is 1. The summed E-state index contributed by atoms with van der Waals surface area (Å²) in [6.45, 7) is 3.50. The largest absolute Gasteiger partial charge is 0.495 e. The number of methoxy groups -OCH3 is 1. The summed E-state index contributed by atoms with van der Waals surface area (Å²) in [6.07, 6.45) is 0. The number of aromatic nitrogens is 2. The highest BCUT2D eigenvalue weighted by Crippen LogP contribution is 2.23. The second kappa shape index (κ2) is 8.23. The summed E-state index contributed by atoms with van der Waals surface area (Å²) in [6, 6.07) is 14.3. The van der Waals surface area contributed by atoms with Crippen LogP contribution in [-0.2, 0) is 11.3 Å². The Balaban J connectivity index is 1.82. The van der Waals surface area contributed by atoms with E-state index in [1.165, 1.54) is 23.0 Å². The third kappa shape index (κ3) is 3.77. The molecule has 1 amide bonds. The average molecular weight is 436 g/mol. The van der Waals surface area contributed by atoms with Crippen molar-refractivity contribution in [1.82, 2.24) is 9.13 Å². The molecule has 0 spiro atoms. The van der Waals surface area contributed by atoms with Gasteiger partial charge < -0.3 is 10.1 Å². The Hall–Kier alpha value is -3.65. The molecule has 4 rings (SSSR count). The number of nitrogens with zero attached hydrogens (tertiary/aromatic N) is 2. The van der Waals surface area contributed by atoms with E-state index in [1.54, 1.807) is 41.8 Å². The molecule has 0 unspecified atom stereocenters. The van der Waals surface area contributed by atoms with Crippen molar-refractivity contribution in [1.29, 1.82) is 0 Å². The molecule has 0 aliphatic carbocycles. The Kier molecular flexibility index (Phi) is 5.48. The van der Waals surface area contributed by atoms with E-state index in [0.29, 0.717) is 27.3 Å². The first kappa shape index (κ1) is 20.6. The summed E-state index contributed by atoms with van der Waals surface area (Å²) in [5.74, 6) is 0.120. The zero-order valence-electron chi connectivity index (χ0n) is 17.3. The van der Waals surface area contributed by atoms with Gasteiger partial charge in [0, 0.05) is 0 Å². The summed E-state index contributed by atoms with van der Waals surface area (Å²) in [5, 5.41) is 4.52. The van der Waals surface area contributed by atoms with Gasteiger partial charge in [-0.05, 0) is 54.6 Å². The van der Waals surface area contributed by atoms with Crippen molar-refractivity contribution in [3.63, 3.8) is 0 Å². The molecule has 8 heteroatoms. The number of anilines is 1. The lowest BCUT2D eigenvalue weighted by Crippen LogP contribution is -2.40. The van der Waals surface area contributed by atoms with Gasteiger partial charge in [-0.15, -0.1) is 11.3 Å². The number of carbonyl (C=O) groups is 1. The van der Waals surface area contributed by atoms with Gasteiger partial charge >= 0.3 is 5.69 Å². The van der Waals surface area contributed by atoms with Crippen LogP contribution in [0.5, 0.6) is 5.75 Å². The topological polar surface area (TPSA) is 82.3 Å². The number of benzene rings is 2.